The summed E-state index contributed by atoms with van der Waals surface area (Å²) in [5, 5.41) is 33.6. The first kappa shape index (κ1) is 26.5. The monoisotopic (exact) mass is 421 g/mol. The minimum atomic E-state index is -1.02. The highest BCUT2D eigenvalue weighted by atomic mass is 16.4. The van der Waals surface area contributed by atoms with Crippen molar-refractivity contribution in [3.05, 3.63) is 65.7 Å². The Bertz CT molecular complexity index is 783. The Labute approximate surface area is 173 Å². The van der Waals surface area contributed by atoms with Crippen LogP contribution in [0.15, 0.2) is 54.6 Å². The van der Waals surface area contributed by atoms with Gasteiger partial charge in [0.25, 0.3) is 0 Å². The number of hydrogen-bond donors (Lipinski definition) is 7. The molecule has 2 atom stereocenters. The van der Waals surface area contributed by atoms with Crippen molar-refractivity contribution < 1.29 is 34.8 Å². The van der Waals surface area contributed by atoms with Crippen LogP contribution < -0.4 is 17.2 Å². The molecule has 0 saturated carbocycles. The summed E-state index contributed by atoms with van der Waals surface area (Å²) in [4.78, 5) is 30.0. The maximum atomic E-state index is 10.4. The second-order valence-electron chi connectivity index (χ2n) is 6.05. The van der Waals surface area contributed by atoms with E-state index in [1.165, 1.54) is 12.1 Å². The Hall–Kier alpha value is -3.47. The fourth-order valence-corrected chi connectivity index (χ4v) is 1.93. The zero-order valence-electron chi connectivity index (χ0n) is 16.2. The van der Waals surface area contributed by atoms with Gasteiger partial charge in [0.1, 0.15) is 17.8 Å². The van der Waals surface area contributed by atoms with Crippen LogP contribution in [0.3, 0.4) is 0 Å². The smallest absolute Gasteiger partial charge is 0.320 e. The number of aromatic hydroxyl groups is 1. The quantitative estimate of drug-likeness (QED) is 0.318. The molecule has 0 bridgehead atoms. The first-order chi connectivity index (χ1) is 14.1. The van der Waals surface area contributed by atoms with Crippen molar-refractivity contribution in [2.75, 3.05) is 6.54 Å². The largest absolute Gasteiger partial charge is 0.508 e. The second-order valence-corrected chi connectivity index (χ2v) is 6.05. The second kappa shape index (κ2) is 14.5. The molecule has 2 aromatic carbocycles. The van der Waals surface area contributed by atoms with Crippen LogP contribution in [0.2, 0.25) is 0 Å². The molecule has 164 valence electrons. The Morgan fingerprint density at radius 2 is 1.10 bits per heavy atom. The third-order valence-corrected chi connectivity index (χ3v) is 3.50. The van der Waals surface area contributed by atoms with E-state index in [0.717, 1.165) is 11.1 Å². The molecule has 0 fully saturated rings. The molecule has 0 heterocycles. The molecule has 0 unspecified atom stereocenters. The zero-order valence-corrected chi connectivity index (χ0v) is 16.2. The Morgan fingerprint density at radius 1 is 0.733 bits per heavy atom. The van der Waals surface area contributed by atoms with E-state index in [2.05, 4.69) is 5.73 Å². The third kappa shape index (κ3) is 12.8. The first-order valence-electron chi connectivity index (χ1n) is 8.77. The van der Waals surface area contributed by atoms with Crippen molar-refractivity contribution in [2.24, 2.45) is 17.2 Å². The van der Waals surface area contributed by atoms with Gasteiger partial charge < -0.3 is 37.6 Å². The van der Waals surface area contributed by atoms with Crippen LogP contribution in [0.25, 0.3) is 0 Å². The number of benzene rings is 2. The van der Waals surface area contributed by atoms with Gasteiger partial charge in [-0.15, -0.1) is 0 Å². The van der Waals surface area contributed by atoms with Gasteiger partial charge in [0.2, 0.25) is 0 Å². The lowest BCUT2D eigenvalue weighted by atomic mass is 10.1. The van der Waals surface area contributed by atoms with Crippen LogP contribution in [-0.4, -0.2) is 57.0 Å². The summed E-state index contributed by atoms with van der Waals surface area (Å²) < 4.78 is 0. The first-order valence-corrected chi connectivity index (χ1v) is 8.77. The van der Waals surface area contributed by atoms with Gasteiger partial charge in [-0.2, -0.15) is 0 Å². The minimum Gasteiger partial charge on any atom is -0.508 e. The lowest BCUT2D eigenvalue weighted by Crippen LogP contribution is -2.32. The molecule has 0 aliphatic rings. The topological polar surface area (TPSA) is 210 Å². The number of phenols is 1. The van der Waals surface area contributed by atoms with Crippen molar-refractivity contribution in [2.45, 2.75) is 24.9 Å². The molecule has 0 spiro atoms. The number of phenolic OH excluding ortho intramolecular Hbond substituents is 1. The standard InChI is InChI=1S/C9H11NO3.C9H11NO2.C2H5NO2/c10-8(9(12)13)5-6-1-3-7(11)4-2-6;10-8(9(11)12)6-7-4-2-1-3-5-7;3-1-2(4)5/h1-4,8,11H,5,10H2,(H,12,13);1-5,8H,6,10H2,(H,11,12);1,3H2,(H,4,5)/t2*8-;/m00./s1. The van der Waals surface area contributed by atoms with Crippen molar-refractivity contribution in [1.82, 2.24) is 0 Å². The Balaban J connectivity index is 0.000000461. The lowest BCUT2D eigenvalue weighted by molar-refractivity contribution is -0.139. The molecular formula is C20H27N3O7. The highest BCUT2D eigenvalue weighted by Gasteiger charge is 2.12. The number of nitrogens with two attached hydrogens (primary N) is 3. The maximum absolute atomic E-state index is 10.4. The molecule has 0 amide bonds. The van der Waals surface area contributed by atoms with Gasteiger partial charge in [-0.3, -0.25) is 14.4 Å². The number of carboxylic acids is 3. The summed E-state index contributed by atoms with van der Waals surface area (Å²) in [5.74, 6) is -2.79. The molecule has 2 rings (SSSR count). The van der Waals surface area contributed by atoms with Crippen molar-refractivity contribution >= 4 is 17.9 Å². The zero-order chi connectivity index (χ0) is 23.1. The molecule has 2 aromatic rings. The van der Waals surface area contributed by atoms with E-state index >= 15 is 0 Å². The van der Waals surface area contributed by atoms with Crippen LogP contribution in [-0.2, 0) is 27.2 Å². The minimum absolute atomic E-state index is 0.160. The molecule has 10 nitrogen and oxygen atoms in total. The summed E-state index contributed by atoms with van der Waals surface area (Å²) in [7, 11) is 0. The van der Waals surface area contributed by atoms with E-state index in [1.807, 2.05) is 30.3 Å². The highest BCUT2D eigenvalue weighted by molar-refractivity contribution is 5.73. The molecule has 10 heteroatoms. The van der Waals surface area contributed by atoms with E-state index in [0.29, 0.717) is 6.42 Å². The van der Waals surface area contributed by atoms with Crippen molar-refractivity contribution in [1.29, 1.82) is 0 Å². The van der Waals surface area contributed by atoms with Gasteiger partial charge in [-0.05, 0) is 36.1 Å². The molecule has 30 heavy (non-hydrogen) atoms. The van der Waals surface area contributed by atoms with E-state index in [1.54, 1.807) is 12.1 Å². The predicted molar refractivity (Wildman–Crippen MR) is 110 cm³/mol. The van der Waals surface area contributed by atoms with E-state index in [9.17, 15) is 14.4 Å². The van der Waals surface area contributed by atoms with Gasteiger partial charge in [0.15, 0.2) is 0 Å². The summed E-state index contributed by atoms with van der Waals surface area (Å²) >= 11 is 0. The van der Waals surface area contributed by atoms with Gasteiger partial charge in [0.05, 0.1) is 6.54 Å². The van der Waals surface area contributed by atoms with Crippen LogP contribution in [0.4, 0.5) is 0 Å². The van der Waals surface area contributed by atoms with Crippen LogP contribution in [0, 0.1) is 0 Å². The molecule has 0 saturated heterocycles. The van der Waals surface area contributed by atoms with Crippen molar-refractivity contribution in [3.8, 4) is 5.75 Å². The maximum Gasteiger partial charge on any atom is 0.320 e. The predicted octanol–water partition coefficient (Wildman–Crippen LogP) is 0.0173. The molecule has 10 N–H and O–H groups in total. The van der Waals surface area contributed by atoms with Gasteiger partial charge in [-0.25, -0.2) is 0 Å². The van der Waals surface area contributed by atoms with Gasteiger partial charge >= 0.3 is 17.9 Å². The molecule has 0 aromatic heterocycles. The van der Waals surface area contributed by atoms with Gasteiger partial charge in [-0.1, -0.05) is 42.5 Å². The Kier molecular flexibility index (Phi) is 12.8. The average molecular weight is 421 g/mol. The molecular weight excluding hydrogens is 394 g/mol. The summed E-state index contributed by atoms with van der Waals surface area (Å²) in [6.45, 7) is -0.278. The average Bonchev–Trinajstić information content (AvgIpc) is 2.71. The van der Waals surface area contributed by atoms with Crippen LogP contribution in [0.1, 0.15) is 11.1 Å². The molecule has 0 radical (unpaired) electrons. The number of carbonyl (C=O) groups is 3. The molecule has 0 aliphatic carbocycles. The van der Waals surface area contributed by atoms with E-state index in [-0.39, 0.29) is 18.7 Å². The summed E-state index contributed by atoms with van der Waals surface area (Å²) in [5.41, 5.74) is 17.0. The Morgan fingerprint density at radius 3 is 1.43 bits per heavy atom. The number of hydrogen-bond acceptors (Lipinski definition) is 7. The SMILES string of the molecule is NCC(=O)O.N[C@@H](Cc1ccc(O)cc1)C(=O)O.N[C@@H](Cc1ccccc1)C(=O)O. The lowest BCUT2D eigenvalue weighted by Gasteiger charge is -2.05. The highest BCUT2D eigenvalue weighted by Crippen LogP contribution is 2.10. The summed E-state index contributed by atoms with van der Waals surface area (Å²) in [6.07, 6.45) is 0.659. The number of carboxylic acid groups (broad SMARTS) is 3. The fraction of sp³-hybridized carbons (Fsp3) is 0.250. The van der Waals surface area contributed by atoms with E-state index in [4.69, 9.17) is 31.9 Å². The third-order valence-electron chi connectivity index (χ3n) is 3.50. The fourth-order valence-electron chi connectivity index (χ4n) is 1.93. The number of rotatable bonds is 7. The van der Waals surface area contributed by atoms with Crippen LogP contribution in [0.5, 0.6) is 5.75 Å². The van der Waals surface area contributed by atoms with Gasteiger partial charge in [0, 0.05) is 0 Å². The van der Waals surface area contributed by atoms with Crippen molar-refractivity contribution in [3.63, 3.8) is 0 Å². The summed E-state index contributed by atoms with van der Waals surface area (Å²) in [6, 6.07) is 14.0. The normalized spacial score (nSPS) is 11.6. The molecule has 0 aliphatic heterocycles. The van der Waals surface area contributed by atoms with Crippen LogP contribution >= 0.6 is 0 Å². The number of aliphatic carboxylic acids is 3. The van der Waals surface area contributed by atoms with E-state index < -0.39 is 30.0 Å².